The Morgan fingerprint density at radius 1 is 1.11 bits per heavy atom. The number of hydrogen-bond acceptors (Lipinski definition) is 3. The molecule has 0 saturated heterocycles. The van der Waals surface area contributed by atoms with Gasteiger partial charge in [-0.15, -0.1) is 0 Å². The average molecular weight is 494 g/mol. The summed E-state index contributed by atoms with van der Waals surface area (Å²) in [6.07, 6.45) is 0.535. The predicted molar refractivity (Wildman–Crippen MR) is 119 cm³/mol. The first-order valence-electron chi connectivity index (χ1n) is 9.46. The standard InChI is InChI=1S/C22H27IN2O3/c1-4-20(22(27)24-5-2)25(14-17-9-7-6-8-16(17)3)21(26)15-28-19-12-10-18(23)11-13-19/h6-13,20H,4-5,14-15H2,1-3H3,(H,24,27)/t20-/m0/s1. The van der Waals surface area contributed by atoms with Gasteiger partial charge in [-0.2, -0.15) is 0 Å². The lowest BCUT2D eigenvalue weighted by atomic mass is 10.1. The Morgan fingerprint density at radius 2 is 1.79 bits per heavy atom. The molecule has 2 aromatic carbocycles. The quantitative estimate of drug-likeness (QED) is 0.538. The molecule has 0 aliphatic heterocycles. The molecule has 0 fully saturated rings. The van der Waals surface area contributed by atoms with Crippen molar-refractivity contribution in [1.82, 2.24) is 10.2 Å². The van der Waals surface area contributed by atoms with Gasteiger partial charge in [0.2, 0.25) is 5.91 Å². The van der Waals surface area contributed by atoms with Crippen LogP contribution in [-0.4, -0.2) is 35.9 Å². The van der Waals surface area contributed by atoms with E-state index in [-0.39, 0.29) is 18.4 Å². The maximum Gasteiger partial charge on any atom is 0.261 e. The van der Waals surface area contributed by atoms with E-state index in [1.807, 2.05) is 69.3 Å². The molecule has 0 heterocycles. The zero-order valence-electron chi connectivity index (χ0n) is 16.6. The SMILES string of the molecule is CCNC(=O)[C@H](CC)N(Cc1ccccc1C)C(=O)COc1ccc(I)cc1. The molecule has 1 N–H and O–H groups in total. The van der Waals surface area contributed by atoms with Gasteiger partial charge in [-0.25, -0.2) is 0 Å². The van der Waals surface area contributed by atoms with Crippen molar-refractivity contribution in [3.63, 3.8) is 0 Å². The molecule has 2 aromatic rings. The van der Waals surface area contributed by atoms with E-state index >= 15 is 0 Å². The zero-order valence-corrected chi connectivity index (χ0v) is 18.7. The third-order valence-corrected chi connectivity index (χ3v) is 5.23. The van der Waals surface area contributed by atoms with E-state index in [0.29, 0.717) is 25.3 Å². The number of aryl methyl sites for hydroxylation is 1. The molecule has 6 heteroatoms. The molecule has 150 valence electrons. The van der Waals surface area contributed by atoms with Gasteiger partial charge in [0.25, 0.3) is 5.91 Å². The summed E-state index contributed by atoms with van der Waals surface area (Å²) in [5, 5.41) is 2.84. The van der Waals surface area contributed by atoms with Gasteiger partial charge in [0.1, 0.15) is 11.8 Å². The molecule has 0 unspecified atom stereocenters. The van der Waals surface area contributed by atoms with Gasteiger partial charge in [-0.3, -0.25) is 9.59 Å². The summed E-state index contributed by atoms with van der Waals surface area (Å²) >= 11 is 2.22. The Bertz CT molecular complexity index is 793. The van der Waals surface area contributed by atoms with E-state index in [0.717, 1.165) is 14.7 Å². The Morgan fingerprint density at radius 3 is 2.39 bits per heavy atom. The number of halogens is 1. The van der Waals surface area contributed by atoms with Crippen LogP contribution in [0.25, 0.3) is 0 Å². The molecule has 0 aliphatic rings. The monoisotopic (exact) mass is 494 g/mol. The first kappa shape index (κ1) is 22.2. The van der Waals surface area contributed by atoms with Gasteiger partial charge in [0, 0.05) is 16.7 Å². The maximum atomic E-state index is 13.0. The smallest absolute Gasteiger partial charge is 0.261 e. The molecule has 0 bridgehead atoms. The fraction of sp³-hybridized carbons (Fsp3) is 0.364. The molecule has 5 nitrogen and oxygen atoms in total. The van der Waals surface area contributed by atoms with Gasteiger partial charge < -0.3 is 15.0 Å². The second-order valence-corrected chi connectivity index (χ2v) is 7.75. The fourth-order valence-corrected chi connectivity index (χ4v) is 3.30. The van der Waals surface area contributed by atoms with Gasteiger partial charge >= 0.3 is 0 Å². The Kier molecular flexibility index (Phi) is 8.76. The summed E-state index contributed by atoms with van der Waals surface area (Å²) < 4.78 is 6.78. The molecular weight excluding hydrogens is 467 g/mol. The van der Waals surface area contributed by atoms with Crippen molar-refractivity contribution in [2.24, 2.45) is 0 Å². The highest BCUT2D eigenvalue weighted by Crippen LogP contribution is 2.17. The summed E-state index contributed by atoms with van der Waals surface area (Å²) in [5.41, 5.74) is 2.11. The minimum atomic E-state index is -0.535. The molecule has 0 saturated carbocycles. The molecule has 2 amide bonds. The largest absolute Gasteiger partial charge is 0.484 e. The van der Waals surface area contributed by atoms with Crippen LogP contribution in [0.1, 0.15) is 31.4 Å². The lowest BCUT2D eigenvalue weighted by Gasteiger charge is -2.31. The van der Waals surface area contributed by atoms with Gasteiger partial charge in [-0.05, 0) is 78.3 Å². The highest BCUT2D eigenvalue weighted by Gasteiger charge is 2.28. The van der Waals surface area contributed by atoms with Crippen LogP contribution in [0.2, 0.25) is 0 Å². The van der Waals surface area contributed by atoms with Crippen molar-refractivity contribution in [3.8, 4) is 5.75 Å². The first-order chi connectivity index (χ1) is 13.5. The third-order valence-electron chi connectivity index (χ3n) is 4.51. The number of nitrogens with zero attached hydrogens (tertiary/aromatic N) is 1. The Balaban J connectivity index is 2.20. The predicted octanol–water partition coefficient (Wildman–Crippen LogP) is 3.92. The zero-order chi connectivity index (χ0) is 20.5. The van der Waals surface area contributed by atoms with Crippen LogP contribution in [-0.2, 0) is 16.1 Å². The molecule has 0 aliphatic carbocycles. The summed E-state index contributed by atoms with van der Waals surface area (Å²) in [7, 11) is 0. The van der Waals surface area contributed by atoms with Crippen LogP contribution in [0, 0.1) is 10.5 Å². The van der Waals surface area contributed by atoms with E-state index in [9.17, 15) is 9.59 Å². The van der Waals surface area contributed by atoms with Crippen LogP contribution < -0.4 is 10.1 Å². The highest BCUT2D eigenvalue weighted by atomic mass is 127. The molecule has 1 atom stereocenters. The number of rotatable bonds is 9. The van der Waals surface area contributed by atoms with E-state index < -0.39 is 6.04 Å². The van der Waals surface area contributed by atoms with Crippen molar-refractivity contribution < 1.29 is 14.3 Å². The Labute approximate surface area is 180 Å². The number of hydrogen-bond donors (Lipinski definition) is 1. The van der Waals surface area contributed by atoms with Crippen LogP contribution in [0.15, 0.2) is 48.5 Å². The van der Waals surface area contributed by atoms with Gasteiger partial charge in [0.05, 0.1) is 0 Å². The van der Waals surface area contributed by atoms with Crippen LogP contribution >= 0.6 is 22.6 Å². The lowest BCUT2D eigenvalue weighted by molar-refractivity contribution is -0.142. The maximum absolute atomic E-state index is 13.0. The number of ether oxygens (including phenoxy) is 1. The topological polar surface area (TPSA) is 58.6 Å². The summed E-state index contributed by atoms with van der Waals surface area (Å²) in [4.78, 5) is 27.2. The third kappa shape index (κ3) is 6.22. The van der Waals surface area contributed by atoms with Crippen LogP contribution in [0.4, 0.5) is 0 Å². The molecular formula is C22H27IN2O3. The summed E-state index contributed by atoms with van der Waals surface area (Å²) in [6.45, 7) is 6.59. The normalized spacial score (nSPS) is 11.6. The fourth-order valence-electron chi connectivity index (χ4n) is 2.94. The van der Waals surface area contributed by atoms with Gasteiger partial charge in [-0.1, -0.05) is 31.2 Å². The van der Waals surface area contributed by atoms with E-state index in [2.05, 4.69) is 27.9 Å². The van der Waals surface area contributed by atoms with Crippen molar-refractivity contribution in [2.45, 2.75) is 39.8 Å². The van der Waals surface area contributed by atoms with Crippen molar-refractivity contribution in [3.05, 3.63) is 63.2 Å². The summed E-state index contributed by atoms with van der Waals surface area (Å²) in [5.74, 6) is 0.289. The van der Waals surface area contributed by atoms with Crippen molar-refractivity contribution >= 4 is 34.4 Å². The second kappa shape index (κ2) is 11.0. The number of carbonyl (C=O) groups is 2. The molecule has 0 radical (unpaired) electrons. The van der Waals surface area contributed by atoms with Crippen molar-refractivity contribution in [2.75, 3.05) is 13.2 Å². The van der Waals surface area contributed by atoms with Crippen molar-refractivity contribution in [1.29, 1.82) is 0 Å². The lowest BCUT2D eigenvalue weighted by Crippen LogP contribution is -2.50. The molecule has 0 spiro atoms. The Hall–Kier alpha value is -2.09. The number of likely N-dealkylation sites (N-methyl/N-ethyl adjacent to an activating group) is 1. The van der Waals surface area contributed by atoms with Crippen LogP contribution in [0.5, 0.6) is 5.75 Å². The van der Waals surface area contributed by atoms with Gasteiger partial charge in [0.15, 0.2) is 6.61 Å². The molecule has 28 heavy (non-hydrogen) atoms. The van der Waals surface area contributed by atoms with E-state index in [4.69, 9.17) is 4.74 Å². The summed E-state index contributed by atoms with van der Waals surface area (Å²) in [6, 6.07) is 14.9. The highest BCUT2D eigenvalue weighted by molar-refractivity contribution is 14.1. The second-order valence-electron chi connectivity index (χ2n) is 6.51. The van der Waals surface area contributed by atoms with E-state index in [1.54, 1.807) is 4.90 Å². The number of nitrogens with one attached hydrogen (secondary N) is 1. The minimum Gasteiger partial charge on any atom is -0.484 e. The molecule has 0 aromatic heterocycles. The number of benzene rings is 2. The average Bonchev–Trinajstić information content (AvgIpc) is 2.69. The first-order valence-corrected chi connectivity index (χ1v) is 10.5. The molecule has 2 rings (SSSR count). The van der Waals surface area contributed by atoms with E-state index in [1.165, 1.54) is 0 Å². The number of amides is 2. The van der Waals surface area contributed by atoms with Crippen LogP contribution in [0.3, 0.4) is 0 Å². The minimum absolute atomic E-state index is 0.109. The number of carbonyl (C=O) groups excluding carboxylic acids is 2.